The first-order valence-electron chi connectivity index (χ1n) is 2.56. The minimum Gasteiger partial charge on any atom is -0.382 e. The Balaban J connectivity index is 2.53. The lowest BCUT2D eigenvalue weighted by atomic mass is 10.7. The van der Waals surface area contributed by atoms with Gasteiger partial charge in [0, 0.05) is 12.9 Å². The molecule has 0 amide bonds. The summed E-state index contributed by atoms with van der Waals surface area (Å²) in [5.41, 5.74) is 0. The van der Waals surface area contributed by atoms with Gasteiger partial charge in [-0.2, -0.15) is 0 Å². The van der Waals surface area contributed by atoms with Gasteiger partial charge in [-0.3, -0.25) is 0 Å². The van der Waals surface area contributed by atoms with E-state index in [0.29, 0.717) is 25.6 Å². The Morgan fingerprint density at radius 3 is 2.50 bits per heavy atom. The van der Waals surface area contributed by atoms with Crippen LogP contribution in [0.5, 0.6) is 0 Å². The number of rotatable bonds is 5. The quantitative estimate of drug-likeness (QED) is 0.520. The molecule has 0 fully saturated rings. The molecule has 1 radical (unpaired) electrons. The predicted molar refractivity (Wildman–Crippen MR) is 35.2 cm³/mol. The zero-order valence-corrected chi connectivity index (χ0v) is 5.87. The standard InChI is InChI=1S/C5H11O2S/c1-6-2-3-7-4-5-8/h2-5H2,1H3. The largest absolute Gasteiger partial charge is 0.382 e. The van der Waals surface area contributed by atoms with E-state index in [1.54, 1.807) is 7.11 Å². The number of hydrogen-bond donors (Lipinski definition) is 0. The fourth-order valence-electron chi connectivity index (χ4n) is 0.303. The highest BCUT2D eigenvalue weighted by Crippen LogP contribution is 1.77. The first kappa shape index (κ1) is 8.27. The molecular formula is C5H11O2S. The summed E-state index contributed by atoms with van der Waals surface area (Å²) in [6.45, 7) is 1.99. The molecule has 0 unspecified atom stereocenters. The second-order valence-corrected chi connectivity index (χ2v) is 1.72. The van der Waals surface area contributed by atoms with E-state index in [1.807, 2.05) is 0 Å². The summed E-state index contributed by atoms with van der Waals surface area (Å²) in [5.74, 6) is 0.670. The van der Waals surface area contributed by atoms with Gasteiger partial charge in [0.15, 0.2) is 0 Å². The van der Waals surface area contributed by atoms with Crippen molar-refractivity contribution in [3.8, 4) is 0 Å². The molecule has 49 valence electrons. The molecule has 0 aromatic rings. The third kappa shape index (κ3) is 6.27. The van der Waals surface area contributed by atoms with Gasteiger partial charge in [-0.05, 0) is 0 Å². The minimum absolute atomic E-state index is 0.660. The van der Waals surface area contributed by atoms with Gasteiger partial charge < -0.3 is 9.47 Å². The molecule has 0 aromatic heterocycles. The molecule has 0 aliphatic heterocycles. The van der Waals surface area contributed by atoms with Crippen molar-refractivity contribution in [3.63, 3.8) is 0 Å². The maximum Gasteiger partial charge on any atom is 0.0700 e. The van der Waals surface area contributed by atoms with Crippen molar-refractivity contribution in [2.75, 3.05) is 32.7 Å². The van der Waals surface area contributed by atoms with Crippen LogP contribution < -0.4 is 0 Å². The predicted octanol–water partition coefficient (Wildman–Crippen LogP) is 0.847. The van der Waals surface area contributed by atoms with Crippen molar-refractivity contribution in [1.82, 2.24) is 0 Å². The summed E-state index contributed by atoms with van der Waals surface area (Å²) in [7, 11) is 1.65. The molecule has 0 aromatic carbocycles. The maximum atomic E-state index is 4.99. The molecule has 0 heterocycles. The van der Waals surface area contributed by atoms with Gasteiger partial charge in [0.05, 0.1) is 19.8 Å². The van der Waals surface area contributed by atoms with Crippen molar-refractivity contribution in [2.24, 2.45) is 0 Å². The Kier molecular flexibility index (Phi) is 7.52. The molecule has 2 nitrogen and oxygen atoms in total. The molecule has 0 spiro atoms. The van der Waals surface area contributed by atoms with Crippen LogP contribution in [0.4, 0.5) is 0 Å². The lowest BCUT2D eigenvalue weighted by molar-refractivity contribution is 0.0791. The van der Waals surface area contributed by atoms with Crippen LogP contribution in [0.3, 0.4) is 0 Å². The molecule has 3 heteroatoms. The van der Waals surface area contributed by atoms with E-state index in [-0.39, 0.29) is 0 Å². The van der Waals surface area contributed by atoms with E-state index in [2.05, 4.69) is 12.6 Å². The number of ether oxygens (including phenoxy) is 2. The highest BCUT2D eigenvalue weighted by molar-refractivity contribution is 7.80. The Bertz CT molecular complexity index is 35.4. The lowest BCUT2D eigenvalue weighted by Gasteiger charge is -1.98. The average molecular weight is 135 g/mol. The average Bonchev–Trinajstić information content (AvgIpc) is 1.81. The topological polar surface area (TPSA) is 18.5 Å². The molecule has 0 aliphatic rings. The number of methoxy groups -OCH3 is 1. The summed E-state index contributed by atoms with van der Waals surface area (Å²) in [4.78, 5) is 0. The Hall–Kier alpha value is 0.270. The van der Waals surface area contributed by atoms with Gasteiger partial charge in [-0.1, -0.05) is 12.6 Å². The van der Waals surface area contributed by atoms with Crippen LogP contribution in [0.15, 0.2) is 0 Å². The Morgan fingerprint density at radius 1 is 1.25 bits per heavy atom. The summed E-state index contributed by atoms with van der Waals surface area (Å²) < 4.78 is 9.72. The van der Waals surface area contributed by atoms with Crippen LogP contribution >= 0.6 is 12.6 Å². The van der Waals surface area contributed by atoms with E-state index in [9.17, 15) is 0 Å². The van der Waals surface area contributed by atoms with E-state index in [1.165, 1.54) is 0 Å². The summed E-state index contributed by atoms with van der Waals surface area (Å²) in [6.07, 6.45) is 0. The molecule has 0 saturated carbocycles. The van der Waals surface area contributed by atoms with Crippen LogP contribution in [0, 0.1) is 0 Å². The van der Waals surface area contributed by atoms with Crippen molar-refractivity contribution >= 4 is 12.6 Å². The Labute approximate surface area is 55.6 Å². The van der Waals surface area contributed by atoms with Crippen LogP contribution in [-0.4, -0.2) is 32.7 Å². The minimum atomic E-state index is 0.660. The molecule has 0 atom stereocenters. The lowest BCUT2D eigenvalue weighted by Crippen LogP contribution is -2.03. The van der Waals surface area contributed by atoms with Gasteiger partial charge >= 0.3 is 0 Å². The summed E-state index contributed by atoms with van der Waals surface area (Å²) >= 11 is 4.64. The zero-order chi connectivity index (χ0) is 6.24. The van der Waals surface area contributed by atoms with Gasteiger partial charge in [0.25, 0.3) is 0 Å². The van der Waals surface area contributed by atoms with E-state index < -0.39 is 0 Å². The van der Waals surface area contributed by atoms with Gasteiger partial charge in [0.2, 0.25) is 0 Å². The monoisotopic (exact) mass is 135 g/mol. The Morgan fingerprint density at radius 2 is 2.00 bits per heavy atom. The summed E-state index contributed by atoms with van der Waals surface area (Å²) in [6, 6.07) is 0. The molecule has 0 rings (SSSR count). The van der Waals surface area contributed by atoms with E-state index >= 15 is 0 Å². The molecule has 0 bridgehead atoms. The third-order valence-electron chi connectivity index (χ3n) is 0.659. The van der Waals surface area contributed by atoms with Crippen LogP contribution in [0.2, 0.25) is 0 Å². The van der Waals surface area contributed by atoms with Gasteiger partial charge in [-0.15, -0.1) is 0 Å². The molecule has 0 N–H and O–H groups in total. The van der Waals surface area contributed by atoms with Crippen molar-refractivity contribution in [3.05, 3.63) is 0 Å². The van der Waals surface area contributed by atoms with E-state index in [4.69, 9.17) is 9.47 Å². The molecule has 0 saturated heterocycles. The van der Waals surface area contributed by atoms with Crippen molar-refractivity contribution < 1.29 is 9.47 Å². The van der Waals surface area contributed by atoms with Crippen LogP contribution in [0.25, 0.3) is 0 Å². The van der Waals surface area contributed by atoms with Crippen LogP contribution in [-0.2, 0) is 9.47 Å². The first-order chi connectivity index (χ1) is 3.91. The maximum absolute atomic E-state index is 4.99. The fraction of sp³-hybridized carbons (Fsp3) is 1.00. The first-order valence-corrected chi connectivity index (χ1v) is 3.14. The van der Waals surface area contributed by atoms with E-state index in [0.717, 1.165) is 0 Å². The smallest absolute Gasteiger partial charge is 0.0700 e. The third-order valence-corrected chi connectivity index (χ3v) is 0.826. The highest BCUT2D eigenvalue weighted by Gasteiger charge is 1.82. The van der Waals surface area contributed by atoms with Crippen molar-refractivity contribution in [1.29, 1.82) is 0 Å². The fourth-order valence-corrected chi connectivity index (χ4v) is 0.421. The van der Waals surface area contributed by atoms with Gasteiger partial charge in [0.1, 0.15) is 0 Å². The molecular weight excluding hydrogens is 124 g/mol. The zero-order valence-electron chi connectivity index (χ0n) is 5.05. The second-order valence-electron chi connectivity index (χ2n) is 1.31. The van der Waals surface area contributed by atoms with Gasteiger partial charge in [-0.25, -0.2) is 0 Å². The second kappa shape index (κ2) is 7.27. The summed E-state index contributed by atoms with van der Waals surface area (Å²) in [5, 5.41) is 0. The normalized spacial score (nSPS) is 9.75. The van der Waals surface area contributed by atoms with Crippen LogP contribution in [0.1, 0.15) is 0 Å². The SMILES string of the molecule is COCCOCC[S]. The highest BCUT2D eigenvalue weighted by atomic mass is 32.1. The molecule has 8 heavy (non-hydrogen) atoms. The number of hydrogen-bond acceptors (Lipinski definition) is 2. The molecule has 0 aliphatic carbocycles. The van der Waals surface area contributed by atoms with Crippen molar-refractivity contribution in [2.45, 2.75) is 0 Å².